The van der Waals surface area contributed by atoms with E-state index in [4.69, 9.17) is 32.7 Å². The molecule has 6 nitrogen and oxygen atoms in total. The van der Waals surface area contributed by atoms with Crippen molar-refractivity contribution in [2.75, 3.05) is 31.6 Å². The third-order valence-electron chi connectivity index (χ3n) is 7.05. The lowest BCUT2D eigenvalue weighted by atomic mass is 9.91. The molecule has 0 atom stereocenters. The molecule has 0 unspecified atom stereocenters. The summed E-state index contributed by atoms with van der Waals surface area (Å²) >= 11 is 13.0. The number of methoxy groups -OCH3 is 1. The molecule has 198 valence electrons. The zero-order valence-corrected chi connectivity index (χ0v) is 22.0. The molecule has 2 saturated heterocycles. The molecule has 0 aliphatic carbocycles. The summed E-state index contributed by atoms with van der Waals surface area (Å²) in [5.74, 6) is -2.34. The fourth-order valence-corrected chi connectivity index (χ4v) is 5.75. The average Bonchev–Trinajstić information content (AvgIpc) is 3.22. The van der Waals surface area contributed by atoms with E-state index < -0.39 is 29.3 Å². The van der Waals surface area contributed by atoms with Gasteiger partial charge in [-0.05, 0) is 59.7 Å². The number of halogens is 4. The zero-order valence-electron chi connectivity index (χ0n) is 20.5. The summed E-state index contributed by atoms with van der Waals surface area (Å²) in [4.78, 5) is 28.2. The summed E-state index contributed by atoms with van der Waals surface area (Å²) in [6.07, 6.45) is 0.906. The molecule has 3 aromatic carbocycles. The number of esters is 1. The molecule has 0 radical (unpaired) electrons. The van der Waals surface area contributed by atoms with Crippen LogP contribution in [0.3, 0.4) is 0 Å². The molecule has 2 aliphatic heterocycles. The number of nitrogens with zero attached hydrogens (tertiary/aromatic N) is 2. The van der Waals surface area contributed by atoms with Crippen LogP contribution >= 0.6 is 23.2 Å². The lowest BCUT2D eigenvalue weighted by Crippen LogP contribution is -2.46. The van der Waals surface area contributed by atoms with Gasteiger partial charge in [0.2, 0.25) is 0 Å². The number of piperidine rings is 1. The van der Waals surface area contributed by atoms with Crippen LogP contribution in [0.2, 0.25) is 10.0 Å². The summed E-state index contributed by atoms with van der Waals surface area (Å²) in [6.45, 7) is 2.41. The number of benzene rings is 3. The summed E-state index contributed by atoms with van der Waals surface area (Å²) in [5, 5.41) is 0.705. The van der Waals surface area contributed by atoms with E-state index in [9.17, 15) is 18.4 Å². The van der Waals surface area contributed by atoms with Crippen LogP contribution in [0.15, 0.2) is 54.6 Å². The summed E-state index contributed by atoms with van der Waals surface area (Å²) < 4.78 is 37.6. The van der Waals surface area contributed by atoms with Gasteiger partial charge in [-0.15, -0.1) is 0 Å². The van der Waals surface area contributed by atoms with Gasteiger partial charge in [-0.3, -0.25) is 9.80 Å². The number of anilines is 1. The number of hydrogen-bond acceptors (Lipinski definition) is 5. The van der Waals surface area contributed by atoms with Gasteiger partial charge in [0.15, 0.2) is 11.6 Å². The predicted octanol–water partition coefficient (Wildman–Crippen LogP) is 6.72. The van der Waals surface area contributed by atoms with E-state index in [2.05, 4.69) is 4.90 Å². The molecule has 0 aromatic heterocycles. The first-order valence-corrected chi connectivity index (χ1v) is 12.8. The number of carbonyl (C=O) groups excluding carboxylic acids is 2. The van der Waals surface area contributed by atoms with E-state index in [1.165, 1.54) is 13.2 Å². The van der Waals surface area contributed by atoms with Gasteiger partial charge in [0, 0.05) is 43.7 Å². The average molecular weight is 561 g/mol. The highest BCUT2D eigenvalue weighted by Crippen LogP contribution is 2.39. The highest BCUT2D eigenvalue weighted by molar-refractivity contribution is 6.39. The van der Waals surface area contributed by atoms with Crippen LogP contribution < -0.4 is 4.90 Å². The minimum Gasteiger partial charge on any atom is -0.465 e. The van der Waals surface area contributed by atoms with Crippen molar-refractivity contribution in [1.29, 1.82) is 0 Å². The van der Waals surface area contributed by atoms with Crippen molar-refractivity contribution >= 4 is 41.0 Å². The molecular formula is C28H24Cl2F2N2O4. The molecule has 2 aliphatic rings. The number of rotatable bonds is 5. The number of likely N-dealkylation sites (tertiary alicyclic amines) is 1. The first-order chi connectivity index (χ1) is 18.2. The summed E-state index contributed by atoms with van der Waals surface area (Å²) in [6, 6.07) is 13.8. The van der Waals surface area contributed by atoms with Crippen molar-refractivity contribution in [1.82, 2.24) is 4.90 Å². The number of hydrogen-bond donors (Lipinski definition) is 0. The Bertz CT molecular complexity index is 1370. The second-order valence-corrected chi connectivity index (χ2v) is 10.3. The van der Waals surface area contributed by atoms with Crippen molar-refractivity contribution < 1.29 is 27.8 Å². The predicted molar refractivity (Wildman–Crippen MR) is 141 cm³/mol. The third-order valence-corrected chi connectivity index (χ3v) is 7.65. The second kappa shape index (κ2) is 10.5. The largest absolute Gasteiger partial charge is 0.465 e. The summed E-state index contributed by atoms with van der Waals surface area (Å²) in [7, 11) is 1.32. The van der Waals surface area contributed by atoms with Crippen molar-refractivity contribution in [3.8, 4) is 11.1 Å². The van der Waals surface area contributed by atoms with Crippen LogP contribution in [0.1, 0.15) is 28.8 Å². The Kier molecular flexibility index (Phi) is 7.31. The van der Waals surface area contributed by atoms with E-state index in [0.717, 1.165) is 17.7 Å². The lowest BCUT2D eigenvalue weighted by Gasteiger charge is -2.37. The standard InChI is InChI=1S/C28H24Cl2F2N2O4/c1-37-26(35)18-2-5-20(6-3-18)34-16-28(38-27(34)36)8-10-33(11-9-28)15-17-12-21(29)25(22(30)13-17)19-4-7-23(31)24(32)14-19/h2-7,12-14H,8-11,15-16H2,1H3. The van der Waals surface area contributed by atoms with Gasteiger partial charge in [-0.1, -0.05) is 29.3 Å². The molecule has 2 heterocycles. The maximum atomic E-state index is 13.7. The highest BCUT2D eigenvalue weighted by Gasteiger charge is 2.47. The number of amides is 1. The molecule has 3 aromatic rings. The van der Waals surface area contributed by atoms with Gasteiger partial charge < -0.3 is 9.47 Å². The number of carbonyl (C=O) groups is 2. The molecule has 5 rings (SSSR count). The quantitative estimate of drug-likeness (QED) is 0.324. The van der Waals surface area contributed by atoms with Gasteiger partial charge in [0.1, 0.15) is 5.60 Å². The van der Waals surface area contributed by atoms with E-state index >= 15 is 0 Å². The van der Waals surface area contributed by atoms with Gasteiger partial charge >= 0.3 is 12.1 Å². The van der Waals surface area contributed by atoms with E-state index in [0.29, 0.717) is 71.4 Å². The topological polar surface area (TPSA) is 59.1 Å². The van der Waals surface area contributed by atoms with Crippen LogP contribution in [0.4, 0.5) is 19.3 Å². The van der Waals surface area contributed by atoms with Crippen LogP contribution in [0.5, 0.6) is 0 Å². The van der Waals surface area contributed by atoms with Gasteiger partial charge in [0.05, 0.1) is 29.3 Å². The Labute approximate surface area is 228 Å². The Morgan fingerprint density at radius 3 is 2.26 bits per heavy atom. The smallest absolute Gasteiger partial charge is 0.415 e. The first kappa shape index (κ1) is 26.4. The monoisotopic (exact) mass is 560 g/mol. The number of ether oxygens (including phenoxy) is 2. The van der Waals surface area contributed by atoms with E-state index in [-0.39, 0.29) is 0 Å². The molecule has 1 spiro atoms. The van der Waals surface area contributed by atoms with Gasteiger partial charge in [-0.25, -0.2) is 18.4 Å². The third kappa shape index (κ3) is 5.21. The van der Waals surface area contributed by atoms with E-state index in [1.54, 1.807) is 41.3 Å². The van der Waals surface area contributed by atoms with Crippen LogP contribution in [-0.4, -0.2) is 49.3 Å². The fraction of sp³-hybridized carbons (Fsp3) is 0.286. The molecule has 38 heavy (non-hydrogen) atoms. The maximum absolute atomic E-state index is 13.7. The zero-order chi connectivity index (χ0) is 27.0. The molecule has 1 amide bonds. The Morgan fingerprint density at radius 1 is 1.00 bits per heavy atom. The Hall–Kier alpha value is -3.20. The van der Waals surface area contributed by atoms with Crippen LogP contribution in [0.25, 0.3) is 11.1 Å². The van der Waals surface area contributed by atoms with Crippen molar-refractivity contribution in [3.63, 3.8) is 0 Å². The highest BCUT2D eigenvalue weighted by atomic mass is 35.5. The van der Waals surface area contributed by atoms with Gasteiger partial charge in [0.25, 0.3) is 0 Å². The second-order valence-electron chi connectivity index (χ2n) is 9.52. The van der Waals surface area contributed by atoms with Gasteiger partial charge in [-0.2, -0.15) is 0 Å². The molecule has 0 bridgehead atoms. The molecule has 0 saturated carbocycles. The minimum atomic E-state index is -0.967. The Morgan fingerprint density at radius 2 is 1.66 bits per heavy atom. The lowest BCUT2D eigenvalue weighted by molar-refractivity contribution is -0.000978. The first-order valence-electron chi connectivity index (χ1n) is 12.0. The summed E-state index contributed by atoms with van der Waals surface area (Å²) in [5.41, 5.74) is 2.22. The molecule has 0 N–H and O–H groups in total. The molecular weight excluding hydrogens is 537 g/mol. The van der Waals surface area contributed by atoms with Crippen LogP contribution in [0, 0.1) is 11.6 Å². The minimum absolute atomic E-state index is 0.352. The molecule has 10 heteroatoms. The van der Waals surface area contributed by atoms with Crippen molar-refractivity contribution in [2.45, 2.75) is 25.0 Å². The van der Waals surface area contributed by atoms with Crippen molar-refractivity contribution in [2.24, 2.45) is 0 Å². The Balaban J connectivity index is 1.23. The van der Waals surface area contributed by atoms with Crippen LogP contribution in [-0.2, 0) is 16.0 Å². The van der Waals surface area contributed by atoms with Crippen molar-refractivity contribution in [3.05, 3.63) is 87.4 Å². The SMILES string of the molecule is COC(=O)c1ccc(N2CC3(CCN(Cc4cc(Cl)c(-c5ccc(F)c(F)c5)c(Cl)c4)CC3)OC2=O)cc1. The normalized spacial score (nSPS) is 17.1. The van der Waals surface area contributed by atoms with E-state index in [1.807, 2.05) is 0 Å². The maximum Gasteiger partial charge on any atom is 0.415 e. The fourth-order valence-electron chi connectivity index (χ4n) is 5.00. The molecule has 2 fully saturated rings.